The predicted molar refractivity (Wildman–Crippen MR) is 205 cm³/mol. The molecular formula is C40H39Cl2N5O3S. The van der Waals surface area contributed by atoms with Gasteiger partial charge in [-0.1, -0.05) is 97.8 Å². The number of aromatic nitrogens is 2. The average molecular weight is 741 g/mol. The Balaban J connectivity index is 1.06. The van der Waals surface area contributed by atoms with Crippen LogP contribution in [0.2, 0.25) is 10.0 Å². The van der Waals surface area contributed by atoms with E-state index in [0.717, 1.165) is 51.7 Å². The minimum Gasteiger partial charge on any atom is -0.371 e. The van der Waals surface area contributed by atoms with Gasteiger partial charge in [-0.15, -0.1) is 0 Å². The Morgan fingerprint density at radius 1 is 0.784 bits per heavy atom. The molecule has 11 heteroatoms. The summed E-state index contributed by atoms with van der Waals surface area (Å²) in [6, 6.07) is 29.9. The summed E-state index contributed by atoms with van der Waals surface area (Å²) < 4.78 is 30.3. The van der Waals surface area contributed by atoms with Gasteiger partial charge in [0, 0.05) is 47.7 Å². The number of nitrogens with zero attached hydrogens (tertiary/aromatic N) is 4. The number of nitrogens with one attached hydrogen (secondary N) is 1. The molecule has 3 fully saturated rings. The Morgan fingerprint density at radius 3 is 2.31 bits per heavy atom. The number of benzene rings is 4. The third-order valence-electron chi connectivity index (χ3n) is 10.6. The lowest BCUT2D eigenvalue weighted by Crippen LogP contribution is -2.29. The van der Waals surface area contributed by atoms with Crippen molar-refractivity contribution in [2.75, 3.05) is 28.8 Å². The maximum atomic E-state index is 12.6. The molecule has 2 saturated heterocycles. The number of carbonyl (C=O) groups excluding carboxylic acids is 1. The molecule has 2 aliphatic heterocycles. The highest BCUT2D eigenvalue weighted by Crippen LogP contribution is 2.38. The van der Waals surface area contributed by atoms with Crippen molar-refractivity contribution in [2.45, 2.75) is 44.9 Å². The van der Waals surface area contributed by atoms with E-state index in [0.29, 0.717) is 33.5 Å². The fraction of sp³-hybridized carbons (Fsp3) is 0.300. The van der Waals surface area contributed by atoms with Crippen LogP contribution in [0.4, 0.5) is 11.4 Å². The van der Waals surface area contributed by atoms with Crippen molar-refractivity contribution in [1.29, 1.82) is 0 Å². The summed E-state index contributed by atoms with van der Waals surface area (Å²) in [7, 11) is -3.96. The smallest absolute Gasteiger partial charge is 0.326 e. The molecule has 0 radical (unpaired) electrons. The van der Waals surface area contributed by atoms with Gasteiger partial charge in [-0.3, -0.25) is 4.79 Å². The third-order valence-corrected chi connectivity index (χ3v) is 12.6. The van der Waals surface area contributed by atoms with Crippen molar-refractivity contribution in [3.8, 4) is 28.1 Å². The summed E-state index contributed by atoms with van der Waals surface area (Å²) in [6.07, 6.45) is 10.7. The van der Waals surface area contributed by atoms with Crippen molar-refractivity contribution in [1.82, 2.24) is 14.3 Å². The molecule has 5 aromatic rings. The molecule has 4 aromatic carbocycles. The normalized spacial score (nSPS) is 19.1. The van der Waals surface area contributed by atoms with E-state index in [9.17, 15) is 13.2 Å². The molecule has 1 aromatic heterocycles. The van der Waals surface area contributed by atoms with Crippen molar-refractivity contribution in [3.63, 3.8) is 0 Å². The Bertz CT molecular complexity index is 2200. The van der Waals surface area contributed by atoms with Gasteiger partial charge in [0.1, 0.15) is 12.4 Å². The molecule has 1 aliphatic carbocycles. The lowest BCUT2D eigenvalue weighted by molar-refractivity contribution is -0.117. The molecule has 0 spiro atoms. The Morgan fingerprint density at radius 2 is 1.55 bits per heavy atom. The molecule has 262 valence electrons. The molecule has 1 amide bonds. The summed E-state index contributed by atoms with van der Waals surface area (Å²) >= 11 is 12.8. The number of hydrogen-bond acceptors (Lipinski definition) is 5. The van der Waals surface area contributed by atoms with Crippen LogP contribution in [-0.2, 0) is 21.4 Å². The third kappa shape index (κ3) is 7.12. The second-order valence-electron chi connectivity index (χ2n) is 13.9. The second-order valence-corrected chi connectivity index (χ2v) is 16.3. The zero-order valence-electron chi connectivity index (χ0n) is 28.1. The molecule has 3 aliphatic rings. The topological polar surface area (TPSA) is 87.5 Å². The molecule has 0 unspecified atom stereocenters. The van der Waals surface area contributed by atoms with Crippen LogP contribution >= 0.6 is 23.2 Å². The molecule has 51 heavy (non-hydrogen) atoms. The molecule has 1 saturated carbocycles. The van der Waals surface area contributed by atoms with E-state index in [1.54, 1.807) is 30.3 Å². The summed E-state index contributed by atoms with van der Waals surface area (Å²) in [4.78, 5) is 19.5. The van der Waals surface area contributed by atoms with Gasteiger partial charge in [0.15, 0.2) is 0 Å². The number of imidazole rings is 1. The highest BCUT2D eigenvalue weighted by atomic mass is 35.5. The highest BCUT2D eigenvalue weighted by Gasteiger charge is 2.34. The molecule has 1 N–H and O–H groups in total. The summed E-state index contributed by atoms with van der Waals surface area (Å²) in [6.45, 7) is 2.02. The number of rotatable bonds is 8. The Labute approximate surface area is 309 Å². The van der Waals surface area contributed by atoms with Gasteiger partial charge < -0.3 is 9.47 Å². The zero-order valence-corrected chi connectivity index (χ0v) is 30.5. The lowest BCUT2D eigenvalue weighted by Gasteiger charge is -2.28. The van der Waals surface area contributed by atoms with E-state index < -0.39 is 16.1 Å². The number of halogens is 2. The fourth-order valence-corrected chi connectivity index (χ4v) is 9.61. The first-order valence-electron chi connectivity index (χ1n) is 17.6. The van der Waals surface area contributed by atoms with Gasteiger partial charge >= 0.3 is 10.2 Å². The van der Waals surface area contributed by atoms with Gasteiger partial charge in [-0.25, -0.2) is 14.0 Å². The number of carbonyl (C=O) groups is 1. The van der Waals surface area contributed by atoms with Gasteiger partial charge in [0.25, 0.3) is 5.91 Å². The van der Waals surface area contributed by atoms with Crippen LogP contribution in [-0.4, -0.2) is 43.5 Å². The van der Waals surface area contributed by atoms with Crippen LogP contribution < -0.4 is 13.9 Å². The van der Waals surface area contributed by atoms with E-state index >= 15 is 0 Å². The van der Waals surface area contributed by atoms with E-state index in [1.807, 2.05) is 27.6 Å². The van der Waals surface area contributed by atoms with Crippen LogP contribution in [0.3, 0.4) is 0 Å². The van der Waals surface area contributed by atoms with Crippen LogP contribution in [0.5, 0.6) is 0 Å². The average Bonchev–Trinajstić information content (AvgIpc) is 3.86. The Kier molecular flexibility index (Phi) is 9.29. The fourth-order valence-electron chi connectivity index (χ4n) is 7.96. The predicted octanol–water partition coefficient (Wildman–Crippen LogP) is 8.69. The zero-order chi connectivity index (χ0) is 35.1. The van der Waals surface area contributed by atoms with Crippen LogP contribution in [0.25, 0.3) is 28.1 Å². The lowest BCUT2D eigenvalue weighted by atomic mass is 9.80. The first-order chi connectivity index (χ1) is 24.7. The minimum absolute atomic E-state index is 0.275. The molecule has 8 nitrogen and oxygen atoms in total. The largest absolute Gasteiger partial charge is 0.371 e. The van der Waals surface area contributed by atoms with Crippen molar-refractivity contribution in [2.24, 2.45) is 11.8 Å². The molecule has 0 bridgehead atoms. The monoisotopic (exact) mass is 739 g/mol. The molecule has 3 heterocycles. The summed E-state index contributed by atoms with van der Waals surface area (Å²) in [5.74, 6) is 1.87. The number of anilines is 2. The van der Waals surface area contributed by atoms with Crippen LogP contribution in [0.15, 0.2) is 97.2 Å². The van der Waals surface area contributed by atoms with Gasteiger partial charge in [-0.05, 0) is 83.5 Å². The van der Waals surface area contributed by atoms with E-state index in [1.165, 1.54) is 49.8 Å². The van der Waals surface area contributed by atoms with Gasteiger partial charge in [-0.2, -0.15) is 8.42 Å². The van der Waals surface area contributed by atoms with Crippen molar-refractivity contribution < 1.29 is 13.2 Å². The molecule has 8 rings (SSSR count). The summed E-state index contributed by atoms with van der Waals surface area (Å²) in [5.41, 5.74) is 7.18. The summed E-state index contributed by atoms with van der Waals surface area (Å²) in [5, 5.41) is 1.01. The highest BCUT2D eigenvalue weighted by molar-refractivity contribution is 7.92. The number of hydrogen-bond donors (Lipinski definition) is 1. The number of amides is 1. The molecule has 1 atom stereocenters. The van der Waals surface area contributed by atoms with E-state index in [2.05, 4.69) is 53.4 Å². The first kappa shape index (κ1) is 33.8. The van der Waals surface area contributed by atoms with Crippen molar-refractivity contribution in [3.05, 3.63) is 119 Å². The first-order valence-corrected chi connectivity index (χ1v) is 19.8. The maximum Gasteiger partial charge on any atom is 0.326 e. The quantitative estimate of drug-likeness (QED) is 0.172. The molecular weight excluding hydrogens is 701 g/mol. The standard InChI is InChI=1S/C40H39Cl2N5O3S/c41-32-16-17-36(37(42)22-32)38-25-46(34-10-5-11-35(23-34)47-26-40(48)44-51(47,49)50)39(43-38)20-27-12-14-29(15-13-27)30-8-4-9-33(21-30)45-19-18-31(24-45)28-6-2-1-3-7-28/h4-5,8-17,21-23,25,28,31H,1-3,6-7,18-20,24,26H2,(H,44,48)/t31-/m1/s1. The van der Waals surface area contributed by atoms with E-state index in [4.69, 9.17) is 28.2 Å². The Hall–Kier alpha value is -4.31. The van der Waals surface area contributed by atoms with Crippen molar-refractivity contribution >= 4 is 50.7 Å². The van der Waals surface area contributed by atoms with E-state index in [-0.39, 0.29) is 6.54 Å². The van der Waals surface area contributed by atoms with Gasteiger partial charge in [0.2, 0.25) is 0 Å². The van der Waals surface area contributed by atoms with Crippen LogP contribution in [0, 0.1) is 11.8 Å². The van der Waals surface area contributed by atoms with Gasteiger partial charge in [0.05, 0.1) is 16.4 Å². The maximum absolute atomic E-state index is 12.6. The second kappa shape index (κ2) is 14.0. The van der Waals surface area contributed by atoms with Crippen LogP contribution in [0.1, 0.15) is 49.9 Å². The SMILES string of the molecule is O=C1CN(c2cccc(-n3cc(-c4ccc(Cl)cc4Cl)nc3Cc3ccc(-c4cccc(N5CC[C@@H](C6CCCCC6)C5)c4)cc3)c2)S(=O)(=O)N1. The minimum atomic E-state index is -3.96.